The zero-order valence-corrected chi connectivity index (χ0v) is 24.9. The Morgan fingerprint density at radius 2 is 2.02 bits per heavy atom. The highest BCUT2D eigenvalue weighted by Crippen LogP contribution is 2.46. The lowest BCUT2D eigenvalue weighted by atomic mass is 9.81. The molecule has 3 aliphatic rings. The van der Waals surface area contributed by atoms with Crippen LogP contribution in [-0.2, 0) is 44.2 Å². The number of nitrogens with one attached hydrogen (secondary N) is 1. The third kappa shape index (κ3) is 4.20. The summed E-state index contributed by atoms with van der Waals surface area (Å²) < 4.78 is 12.8. The Morgan fingerprint density at radius 3 is 2.71 bits per heavy atom. The van der Waals surface area contributed by atoms with Crippen LogP contribution in [0, 0.1) is 6.92 Å². The van der Waals surface area contributed by atoms with Crippen molar-refractivity contribution in [3.8, 4) is 11.4 Å². The number of carbonyl (C=O) groups is 2. The number of amides is 1. The first-order valence-electron chi connectivity index (χ1n) is 14.0. The summed E-state index contributed by atoms with van der Waals surface area (Å²) in [6, 6.07) is 3.19. The number of cyclic esters (lactones) is 1. The molecule has 9 nitrogen and oxygen atoms in total. The van der Waals surface area contributed by atoms with E-state index in [1.807, 2.05) is 33.8 Å². The van der Waals surface area contributed by atoms with Gasteiger partial charge in [-0.05, 0) is 82.7 Å². The minimum atomic E-state index is -1.91. The summed E-state index contributed by atoms with van der Waals surface area (Å²) in [5, 5.41) is 16.0. The van der Waals surface area contributed by atoms with Gasteiger partial charge in [-0.25, -0.2) is 9.78 Å². The van der Waals surface area contributed by atoms with Crippen LogP contribution < -0.4 is 10.9 Å². The monoisotopic (exact) mass is 579 g/mol. The number of ether oxygens (including phenoxy) is 2. The molecule has 2 aliphatic heterocycles. The van der Waals surface area contributed by atoms with Crippen molar-refractivity contribution in [2.45, 2.75) is 97.3 Å². The molecule has 0 radical (unpaired) electrons. The topological polar surface area (TPSA) is 120 Å². The molecule has 3 aromatic rings. The van der Waals surface area contributed by atoms with Gasteiger partial charge in [0.05, 0.1) is 40.7 Å². The van der Waals surface area contributed by atoms with E-state index in [1.165, 1.54) is 0 Å². The van der Waals surface area contributed by atoms with Gasteiger partial charge in [0, 0.05) is 21.5 Å². The van der Waals surface area contributed by atoms with Crippen LogP contribution in [0.2, 0.25) is 5.02 Å². The lowest BCUT2D eigenvalue weighted by molar-refractivity contribution is -0.172. The fourth-order valence-electron chi connectivity index (χ4n) is 6.57. The molecule has 0 unspecified atom stereocenters. The average molecular weight is 580 g/mol. The second-order valence-corrected chi connectivity index (χ2v) is 12.7. The molecule has 1 aliphatic carbocycles. The number of fused-ring (bicyclic) bond motifs is 5. The molecule has 2 N–H and O–H groups in total. The number of aliphatic hydroxyl groups is 1. The molecule has 0 saturated heterocycles. The highest BCUT2D eigenvalue weighted by Gasteiger charge is 2.46. The van der Waals surface area contributed by atoms with Crippen LogP contribution in [0.15, 0.2) is 16.9 Å². The van der Waals surface area contributed by atoms with Crippen LogP contribution in [0.5, 0.6) is 0 Å². The van der Waals surface area contributed by atoms with Crippen molar-refractivity contribution in [3.63, 3.8) is 0 Å². The maximum Gasteiger partial charge on any atom is 0.343 e. The largest absolute Gasteiger partial charge is 0.458 e. The van der Waals surface area contributed by atoms with Crippen LogP contribution in [0.4, 0.5) is 0 Å². The fraction of sp³-hybridized carbons (Fsp3) is 0.484. The second-order valence-electron chi connectivity index (χ2n) is 12.3. The van der Waals surface area contributed by atoms with E-state index >= 15 is 0 Å². The average Bonchev–Trinajstić information content (AvgIpc) is 3.28. The number of benzene rings is 1. The van der Waals surface area contributed by atoms with Crippen LogP contribution in [0.25, 0.3) is 22.3 Å². The van der Waals surface area contributed by atoms with Crippen molar-refractivity contribution < 1.29 is 24.2 Å². The highest BCUT2D eigenvalue weighted by atomic mass is 35.5. The molecule has 41 heavy (non-hydrogen) atoms. The maximum absolute atomic E-state index is 13.8. The standard InChI is InChI=1S/C31H34ClN3O6/c1-7-31(39)19-10-23-26-17(12-35(23)28(37)18(19)13-40-29(31)38)25-21(34-27(36)15(3)41-30(4,5)6)9-8-16-14(2)20(32)11-22(33-26)24(16)25/h10-11,15,21,39H,7-9,12-13H2,1-6H3,(H,34,36)/t15-,21-,31-/m0/s1. The molecular formula is C31H34ClN3O6. The van der Waals surface area contributed by atoms with Gasteiger partial charge < -0.3 is 24.5 Å². The molecular weight excluding hydrogens is 546 g/mol. The van der Waals surface area contributed by atoms with Crippen molar-refractivity contribution in [1.82, 2.24) is 14.9 Å². The van der Waals surface area contributed by atoms with Gasteiger partial charge >= 0.3 is 5.97 Å². The number of pyridine rings is 2. The lowest BCUT2D eigenvalue weighted by Crippen LogP contribution is -2.44. The van der Waals surface area contributed by atoms with E-state index in [0.717, 1.165) is 27.6 Å². The van der Waals surface area contributed by atoms with Crippen LogP contribution >= 0.6 is 11.6 Å². The van der Waals surface area contributed by atoms with E-state index in [-0.39, 0.29) is 48.2 Å². The van der Waals surface area contributed by atoms with Crippen LogP contribution in [-0.4, -0.2) is 38.2 Å². The summed E-state index contributed by atoms with van der Waals surface area (Å²) in [4.78, 5) is 44.7. The quantitative estimate of drug-likeness (QED) is 0.345. The van der Waals surface area contributed by atoms with Crippen molar-refractivity contribution in [2.75, 3.05) is 0 Å². The summed E-state index contributed by atoms with van der Waals surface area (Å²) in [7, 11) is 0. The Labute approximate surface area is 242 Å². The van der Waals surface area contributed by atoms with Crippen molar-refractivity contribution in [3.05, 3.63) is 60.9 Å². The zero-order chi connectivity index (χ0) is 29.6. The number of rotatable bonds is 4. The smallest absolute Gasteiger partial charge is 0.343 e. The molecule has 2 aromatic heterocycles. The fourth-order valence-corrected chi connectivity index (χ4v) is 6.79. The minimum Gasteiger partial charge on any atom is -0.458 e. The van der Waals surface area contributed by atoms with Gasteiger partial charge in [0.25, 0.3) is 5.56 Å². The number of carbonyl (C=O) groups excluding carboxylic acids is 2. The summed E-state index contributed by atoms with van der Waals surface area (Å²) in [5.74, 6) is -0.984. The summed E-state index contributed by atoms with van der Waals surface area (Å²) in [5.41, 5.74) is 3.38. The molecule has 0 bridgehead atoms. The van der Waals surface area contributed by atoms with Gasteiger partial charge in [0.15, 0.2) is 5.60 Å². The van der Waals surface area contributed by atoms with Crippen LogP contribution in [0.1, 0.15) is 86.9 Å². The van der Waals surface area contributed by atoms with E-state index in [1.54, 1.807) is 24.5 Å². The Kier molecular flexibility index (Phi) is 6.37. The third-order valence-electron chi connectivity index (χ3n) is 8.59. The Bertz CT molecular complexity index is 1720. The second kappa shape index (κ2) is 9.37. The van der Waals surface area contributed by atoms with Crippen molar-refractivity contribution >= 4 is 34.4 Å². The molecule has 10 heteroatoms. The van der Waals surface area contributed by atoms with E-state index in [4.69, 9.17) is 26.1 Å². The van der Waals surface area contributed by atoms with Gasteiger partial charge in [-0.3, -0.25) is 9.59 Å². The predicted octanol–water partition coefficient (Wildman–Crippen LogP) is 4.35. The van der Waals surface area contributed by atoms with Gasteiger partial charge in [0.1, 0.15) is 12.7 Å². The predicted molar refractivity (Wildman–Crippen MR) is 154 cm³/mol. The third-order valence-corrected chi connectivity index (χ3v) is 8.99. The van der Waals surface area contributed by atoms with Crippen LogP contribution in [0.3, 0.4) is 0 Å². The summed E-state index contributed by atoms with van der Waals surface area (Å²) in [6.07, 6.45) is 0.754. The van der Waals surface area contributed by atoms with E-state index in [2.05, 4.69) is 5.32 Å². The SMILES string of the molecule is CC[C@@]1(O)C(=O)OCc2c1cc1n(c2=O)Cc2c-1nc1cc(Cl)c(C)c3c1c2[C@@H](NC(=O)[C@H](C)OC(C)(C)C)CC3. The Balaban J connectivity index is 1.56. The first-order chi connectivity index (χ1) is 19.2. The first kappa shape index (κ1) is 27.9. The van der Waals surface area contributed by atoms with Gasteiger partial charge in [-0.2, -0.15) is 0 Å². The number of hydrogen-bond donors (Lipinski definition) is 2. The molecule has 1 aromatic carbocycles. The summed E-state index contributed by atoms with van der Waals surface area (Å²) in [6.45, 7) is 11.2. The number of nitrogens with zero attached hydrogens (tertiary/aromatic N) is 2. The van der Waals surface area contributed by atoms with Crippen molar-refractivity contribution in [1.29, 1.82) is 0 Å². The molecule has 4 heterocycles. The Morgan fingerprint density at radius 1 is 1.29 bits per heavy atom. The molecule has 3 atom stereocenters. The number of aromatic nitrogens is 2. The maximum atomic E-state index is 13.8. The number of aryl methyl sites for hydroxylation is 1. The zero-order valence-electron chi connectivity index (χ0n) is 24.1. The van der Waals surface area contributed by atoms with Gasteiger partial charge in [-0.15, -0.1) is 0 Å². The first-order valence-corrected chi connectivity index (χ1v) is 14.4. The molecule has 216 valence electrons. The number of esters is 1. The van der Waals surface area contributed by atoms with E-state index in [0.29, 0.717) is 34.8 Å². The highest BCUT2D eigenvalue weighted by molar-refractivity contribution is 6.32. The number of halogens is 1. The lowest BCUT2D eigenvalue weighted by Gasteiger charge is -2.32. The van der Waals surface area contributed by atoms with Gasteiger partial charge in [0.2, 0.25) is 5.91 Å². The normalized spacial score (nSPS) is 21.7. The molecule has 0 fully saturated rings. The molecule has 6 rings (SSSR count). The van der Waals surface area contributed by atoms with Crippen molar-refractivity contribution in [2.24, 2.45) is 0 Å². The Hall–Kier alpha value is -3.27. The molecule has 1 amide bonds. The number of hydrogen-bond acceptors (Lipinski definition) is 7. The minimum absolute atomic E-state index is 0.0617. The van der Waals surface area contributed by atoms with E-state index < -0.39 is 23.3 Å². The van der Waals surface area contributed by atoms with E-state index in [9.17, 15) is 19.5 Å². The van der Waals surface area contributed by atoms with Gasteiger partial charge in [-0.1, -0.05) is 18.5 Å². The molecule has 0 saturated carbocycles. The summed E-state index contributed by atoms with van der Waals surface area (Å²) >= 11 is 6.65. The molecule has 0 spiro atoms.